The first-order valence-corrected chi connectivity index (χ1v) is 5.57. The molecule has 2 aromatic rings. The molecule has 0 saturated carbocycles. The second-order valence-electron chi connectivity index (χ2n) is 3.18. The van der Waals surface area contributed by atoms with Gasteiger partial charge in [-0.15, -0.1) is 0 Å². The van der Waals surface area contributed by atoms with Gasteiger partial charge in [0.2, 0.25) is 0 Å². The summed E-state index contributed by atoms with van der Waals surface area (Å²) in [5.74, 6) is 0. The Balaban J connectivity index is 2.81. The van der Waals surface area contributed by atoms with Gasteiger partial charge in [-0.1, -0.05) is 40.2 Å². The molecule has 0 aromatic heterocycles. The van der Waals surface area contributed by atoms with Crippen LogP contribution < -0.4 is 0 Å². The lowest BCUT2D eigenvalue weighted by Crippen LogP contribution is -1.94. The van der Waals surface area contributed by atoms with E-state index in [0.29, 0.717) is 5.33 Å². The number of nitro groups is 1. The molecule has 0 amide bonds. The van der Waals surface area contributed by atoms with E-state index in [9.17, 15) is 10.1 Å². The molecule has 0 radical (unpaired) electrons. The Hall–Kier alpha value is -1.42. The highest BCUT2D eigenvalue weighted by atomic mass is 79.9. The van der Waals surface area contributed by atoms with E-state index in [-0.39, 0.29) is 10.6 Å². The molecule has 0 heterocycles. The number of hydrogen-bond acceptors (Lipinski definition) is 2. The summed E-state index contributed by atoms with van der Waals surface area (Å²) in [4.78, 5) is 10.5. The number of rotatable bonds is 2. The minimum atomic E-state index is -0.344. The van der Waals surface area contributed by atoms with Crippen LogP contribution in [0.5, 0.6) is 0 Å². The highest BCUT2D eigenvalue weighted by Crippen LogP contribution is 2.29. The van der Waals surface area contributed by atoms with Gasteiger partial charge in [0.05, 0.1) is 4.92 Å². The molecule has 0 aliphatic rings. The van der Waals surface area contributed by atoms with Crippen molar-refractivity contribution < 1.29 is 4.92 Å². The van der Waals surface area contributed by atoms with Crippen molar-refractivity contribution in [1.82, 2.24) is 0 Å². The fraction of sp³-hybridized carbons (Fsp3) is 0.0909. The van der Waals surface area contributed by atoms with Crippen LogP contribution in [0, 0.1) is 10.1 Å². The molecule has 0 spiro atoms. The van der Waals surface area contributed by atoms with Crippen LogP contribution in [0.25, 0.3) is 10.8 Å². The van der Waals surface area contributed by atoms with E-state index >= 15 is 0 Å². The van der Waals surface area contributed by atoms with Crippen LogP contribution in [0.2, 0.25) is 0 Å². The molecular formula is C11H8BrNO2. The molecule has 0 saturated heterocycles. The Labute approximate surface area is 95.0 Å². The monoisotopic (exact) mass is 265 g/mol. The Morgan fingerprint density at radius 2 is 1.93 bits per heavy atom. The Morgan fingerprint density at radius 1 is 1.20 bits per heavy atom. The number of nitrogens with zero attached hydrogens (tertiary/aromatic N) is 1. The second-order valence-corrected chi connectivity index (χ2v) is 3.74. The number of fused-ring (bicyclic) bond motifs is 1. The molecule has 0 N–H and O–H groups in total. The predicted octanol–water partition coefficient (Wildman–Crippen LogP) is 3.64. The zero-order chi connectivity index (χ0) is 10.8. The molecule has 3 nitrogen and oxygen atoms in total. The Bertz CT molecular complexity index is 525. The summed E-state index contributed by atoms with van der Waals surface area (Å²) in [5.41, 5.74) is 0.906. The van der Waals surface area contributed by atoms with E-state index in [1.165, 1.54) is 0 Å². The van der Waals surface area contributed by atoms with Gasteiger partial charge in [-0.25, -0.2) is 0 Å². The SMILES string of the molecule is O=[N+]([O-])c1ccc2ccccc2c1CBr. The van der Waals surface area contributed by atoms with Crippen molar-refractivity contribution >= 4 is 32.4 Å². The Morgan fingerprint density at radius 3 is 2.60 bits per heavy atom. The molecule has 2 aromatic carbocycles. The minimum absolute atomic E-state index is 0.172. The van der Waals surface area contributed by atoms with E-state index < -0.39 is 0 Å². The highest BCUT2D eigenvalue weighted by Gasteiger charge is 2.14. The third kappa shape index (κ3) is 1.72. The van der Waals surface area contributed by atoms with Crippen LogP contribution in [0.3, 0.4) is 0 Å². The third-order valence-electron chi connectivity index (χ3n) is 2.35. The molecule has 4 heteroatoms. The number of alkyl halides is 1. The summed E-state index contributed by atoms with van der Waals surface area (Å²) >= 11 is 3.29. The van der Waals surface area contributed by atoms with Gasteiger partial charge in [-0.3, -0.25) is 10.1 Å². The smallest absolute Gasteiger partial charge is 0.258 e. The first-order chi connectivity index (χ1) is 7.24. The van der Waals surface area contributed by atoms with Crippen LogP contribution in [-0.2, 0) is 5.33 Å². The number of halogens is 1. The third-order valence-corrected chi connectivity index (χ3v) is 2.91. The average molecular weight is 266 g/mol. The van der Waals surface area contributed by atoms with E-state index in [1.54, 1.807) is 12.1 Å². The number of hydrogen-bond donors (Lipinski definition) is 0. The van der Waals surface area contributed by atoms with Crippen LogP contribution in [0.15, 0.2) is 36.4 Å². The van der Waals surface area contributed by atoms with Crippen LogP contribution in [0.1, 0.15) is 5.56 Å². The summed E-state index contributed by atoms with van der Waals surface area (Å²) in [5, 5.41) is 13.3. The lowest BCUT2D eigenvalue weighted by atomic mass is 10.0. The average Bonchev–Trinajstić information content (AvgIpc) is 2.27. The van der Waals surface area contributed by atoms with Crippen molar-refractivity contribution in [2.75, 3.05) is 0 Å². The lowest BCUT2D eigenvalue weighted by Gasteiger charge is -2.04. The highest BCUT2D eigenvalue weighted by molar-refractivity contribution is 9.08. The summed E-state index contributed by atoms with van der Waals surface area (Å²) in [6.07, 6.45) is 0. The van der Waals surface area contributed by atoms with E-state index in [4.69, 9.17) is 0 Å². The number of nitro benzene ring substituents is 1. The maximum absolute atomic E-state index is 10.8. The first-order valence-electron chi connectivity index (χ1n) is 4.45. The molecule has 15 heavy (non-hydrogen) atoms. The quantitative estimate of drug-likeness (QED) is 0.473. The first kappa shape index (κ1) is 10.1. The predicted molar refractivity (Wildman–Crippen MR) is 63.2 cm³/mol. The second kappa shape index (κ2) is 3.98. The summed E-state index contributed by atoms with van der Waals surface area (Å²) < 4.78 is 0. The van der Waals surface area contributed by atoms with E-state index in [0.717, 1.165) is 16.3 Å². The van der Waals surface area contributed by atoms with Gasteiger partial charge in [0.15, 0.2) is 0 Å². The topological polar surface area (TPSA) is 43.1 Å². The normalized spacial score (nSPS) is 10.5. The molecule has 0 bridgehead atoms. The molecule has 0 aliphatic carbocycles. The van der Waals surface area contributed by atoms with Crippen LogP contribution >= 0.6 is 15.9 Å². The van der Waals surface area contributed by atoms with Gasteiger partial charge in [-0.2, -0.15) is 0 Å². The minimum Gasteiger partial charge on any atom is -0.258 e. The molecule has 0 fully saturated rings. The van der Waals surface area contributed by atoms with Gasteiger partial charge in [0, 0.05) is 17.0 Å². The maximum Gasteiger partial charge on any atom is 0.274 e. The fourth-order valence-corrected chi connectivity index (χ4v) is 2.23. The van der Waals surface area contributed by atoms with Gasteiger partial charge < -0.3 is 0 Å². The maximum atomic E-state index is 10.8. The van der Waals surface area contributed by atoms with Crippen molar-refractivity contribution in [3.05, 3.63) is 52.1 Å². The zero-order valence-electron chi connectivity index (χ0n) is 7.81. The van der Waals surface area contributed by atoms with Crippen LogP contribution in [-0.4, -0.2) is 4.92 Å². The fourth-order valence-electron chi connectivity index (χ4n) is 1.64. The van der Waals surface area contributed by atoms with Gasteiger partial charge in [0.25, 0.3) is 5.69 Å². The van der Waals surface area contributed by atoms with E-state index in [2.05, 4.69) is 15.9 Å². The van der Waals surface area contributed by atoms with Crippen molar-refractivity contribution in [3.63, 3.8) is 0 Å². The van der Waals surface area contributed by atoms with Crippen molar-refractivity contribution in [2.24, 2.45) is 0 Å². The molecular weight excluding hydrogens is 258 g/mol. The zero-order valence-corrected chi connectivity index (χ0v) is 9.40. The van der Waals surface area contributed by atoms with Gasteiger partial charge in [-0.05, 0) is 16.8 Å². The molecule has 0 aliphatic heterocycles. The summed E-state index contributed by atoms with van der Waals surface area (Å²) in [7, 11) is 0. The molecule has 2 rings (SSSR count). The summed E-state index contributed by atoms with van der Waals surface area (Å²) in [6, 6.07) is 11.0. The molecule has 0 atom stereocenters. The largest absolute Gasteiger partial charge is 0.274 e. The van der Waals surface area contributed by atoms with Gasteiger partial charge >= 0.3 is 0 Å². The van der Waals surface area contributed by atoms with E-state index in [1.807, 2.05) is 24.3 Å². The molecule has 76 valence electrons. The van der Waals surface area contributed by atoms with Gasteiger partial charge in [0.1, 0.15) is 0 Å². The Kier molecular flexibility index (Phi) is 2.68. The summed E-state index contributed by atoms with van der Waals surface area (Å²) in [6.45, 7) is 0. The van der Waals surface area contributed by atoms with Crippen molar-refractivity contribution in [3.8, 4) is 0 Å². The van der Waals surface area contributed by atoms with Crippen LogP contribution in [0.4, 0.5) is 5.69 Å². The molecule has 0 unspecified atom stereocenters. The lowest BCUT2D eigenvalue weighted by molar-refractivity contribution is -0.385. The standard InChI is InChI=1S/C11H8BrNO2/c12-7-10-9-4-2-1-3-8(9)5-6-11(10)13(14)15/h1-6H,7H2. The van der Waals surface area contributed by atoms with Crippen molar-refractivity contribution in [1.29, 1.82) is 0 Å². The number of benzene rings is 2. The van der Waals surface area contributed by atoms with Crippen molar-refractivity contribution in [2.45, 2.75) is 5.33 Å².